The summed E-state index contributed by atoms with van der Waals surface area (Å²) in [4.78, 5) is 14.7. The third-order valence-corrected chi connectivity index (χ3v) is 0.941. The van der Waals surface area contributed by atoms with E-state index in [0.29, 0.717) is 13.1 Å². The number of hydrogen-bond acceptors (Lipinski definition) is 5. The Morgan fingerprint density at radius 3 is 2.58 bits per heavy atom. The van der Waals surface area contributed by atoms with Gasteiger partial charge < -0.3 is 15.9 Å². The molecule has 0 saturated carbocycles. The molecule has 0 aliphatic heterocycles. The summed E-state index contributed by atoms with van der Waals surface area (Å²) in [7, 11) is 0. The second-order valence-corrected chi connectivity index (χ2v) is 2.03. The molecular formula is C6H16KN3O2. The van der Waals surface area contributed by atoms with Crippen molar-refractivity contribution in [2.75, 3.05) is 26.2 Å². The van der Waals surface area contributed by atoms with Crippen molar-refractivity contribution in [3.8, 4) is 0 Å². The number of hydrogen-bond donors (Lipinski definition) is 3. The fourth-order valence-corrected chi connectivity index (χ4v) is 0.519. The molecule has 0 bridgehead atoms. The predicted molar refractivity (Wildman–Crippen MR) is 48.8 cm³/mol. The molecule has 0 atom stereocenters. The van der Waals surface area contributed by atoms with E-state index in [1.807, 2.05) is 0 Å². The van der Waals surface area contributed by atoms with Crippen molar-refractivity contribution in [3.05, 3.63) is 0 Å². The third kappa shape index (κ3) is 13.6. The van der Waals surface area contributed by atoms with Gasteiger partial charge in [0.1, 0.15) is 0 Å². The molecule has 0 aromatic heterocycles. The molecule has 0 amide bonds. The van der Waals surface area contributed by atoms with Gasteiger partial charge in [0.25, 0.3) is 0 Å². The molecule has 5 nitrogen and oxygen atoms in total. The van der Waals surface area contributed by atoms with Crippen molar-refractivity contribution in [1.29, 1.82) is 0 Å². The molecular weight excluding hydrogens is 185 g/mol. The quantitative estimate of drug-likeness (QED) is 0.262. The Balaban J connectivity index is 0. The summed E-state index contributed by atoms with van der Waals surface area (Å²) in [6, 6.07) is 0. The van der Waals surface area contributed by atoms with E-state index in [0.717, 1.165) is 13.1 Å². The SMILES string of the molecule is CC(=O)ONCCNCCN.[KH]. The molecule has 0 spiro atoms. The van der Waals surface area contributed by atoms with Crippen LogP contribution in [0.5, 0.6) is 0 Å². The van der Waals surface area contributed by atoms with Gasteiger partial charge in [-0.3, -0.25) is 4.79 Å². The Bertz CT molecular complexity index is 113. The Hall–Kier alpha value is 0.986. The van der Waals surface area contributed by atoms with Gasteiger partial charge in [-0.2, -0.15) is 5.48 Å². The standard InChI is InChI=1S/C6H15N3O2.K.H/c1-6(10)11-9-5-4-8-3-2-7;;/h8-9H,2-5,7H2,1H3;;. The van der Waals surface area contributed by atoms with Crippen LogP contribution in [0.15, 0.2) is 0 Å². The van der Waals surface area contributed by atoms with Crippen molar-refractivity contribution in [2.45, 2.75) is 6.92 Å². The summed E-state index contributed by atoms with van der Waals surface area (Å²) in [5, 5.41) is 3.03. The van der Waals surface area contributed by atoms with Gasteiger partial charge >= 0.3 is 57.4 Å². The van der Waals surface area contributed by atoms with Gasteiger partial charge in [-0.05, 0) is 0 Å². The Labute approximate surface area is 115 Å². The van der Waals surface area contributed by atoms with Crippen LogP contribution in [-0.4, -0.2) is 83.5 Å². The average molecular weight is 201 g/mol. The van der Waals surface area contributed by atoms with E-state index in [4.69, 9.17) is 5.73 Å². The Kier molecular flexibility index (Phi) is 15.4. The molecule has 0 aliphatic rings. The van der Waals surface area contributed by atoms with Gasteiger partial charge in [-0.15, -0.1) is 0 Å². The topological polar surface area (TPSA) is 76.4 Å². The van der Waals surface area contributed by atoms with Crippen LogP contribution >= 0.6 is 0 Å². The molecule has 0 aromatic carbocycles. The summed E-state index contributed by atoms with van der Waals surface area (Å²) in [5.41, 5.74) is 7.71. The van der Waals surface area contributed by atoms with Crippen molar-refractivity contribution >= 4 is 57.4 Å². The molecule has 0 heterocycles. The summed E-state index contributed by atoms with van der Waals surface area (Å²) < 4.78 is 0. The number of nitrogens with two attached hydrogens (primary N) is 1. The van der Waals surface area contributed by atoms with Crippen LogP contribution in [0, 0.1) is 0 Å². The van der Waals surface area contributed by atoms with Gasteiger partial charge in [-0.1, -0.05) is 0 Å². The second-order valence-electron chi connectivity index (χ2n) is 2.03. The zero-order chi connectivity index (χ0) is 8.53. The van der Waals surface area contributed by atoms with Crippen molar-refractivity contribution in [3.63, 3.8) is 0 Å². The zero-order valence-corrected chi connectivity index (χ0v) is 6.72. The van der Waals surface area contributed by atoms with Crippen LogP contribution in [0.1, 0.15) is 6.92 Å². The first-order valence-electron chi connectivity index (χ1n) is 3.58. The fraction of sp³-hybridized carbons (Fsp3) is 0.833. The van der Waals surface area contributed by atoms with Crippen molar-refractivity contribution < 1.29 is 9.63 Å². The first kappa shape index (κ1) is 15.5. The van der Waals surface area contributed by atoms with E-state index in [1.54, 1.807) is 0 Å². The fourth-order valence-electron chi connectivity index (χ4n) is 0.519. The first-order chi connectivity index (χ1) is 5.27. The Morgan fingerprint density at radius 2 is 2.08 bits per heavy atom. The van der Waals surface area contributed by atoms with Crippen molar-refractivity contribution in [2.24, 2.45) is 5.73 Å². The van der Waals surface area contributed by atoms with E-state index in [-0.39, 0.29) is 57.4 Å². The third-order valence-electron chi connectivity index (χ3n) is 0.941. The molecule has 0 unspecified atom stereocenters. The average Bonchev–Trinajstić information content (AvgIpc) is 1.96. The monoisotopic (exact) mass is 201 g/mol. The van der Waals surface area contributed by atoms with Crippen LogP contribution in [0.2, 0.25) is 0 Å². The molecule has 0 radical (unpaired) electrons. The number of hydroxylamine groups is 1. The van der Waals surface area contributed by atoms with E-state index in [1.165, 1.54) is 6.92 Å². The summed E-state index contributed by atoms with van der Waals surface area (Å²) in [6.45, 7) is 4.08. The van der Waals surface area contributed by atoms with Crippen LogP contribution < -0.4 is 16.5 Å². The van der Waals surface area contributed by atoms with Gasteiger partial charge in [0.2, 0.25) is 0 Å². The summed E-state index contributed by atoms with van der Waals surface area (Å²) in [6.07, 6.45) is 0. The van der Waals surface area contributed by atoms with Gasteiger partial charge in [0, 0.05) is 33.1 Å². The molecule has 4 N–H and O–H groups in total. The number of carbonyl (C=O) groups excluding carboxylic acids is 1. The van der Waals surface area contributed by atoms with E-state index in [9.17, 15) is 4.79 Å². The van der Waals surface area contributed by atoms with Gasteiger partial charge in [0.15, 0.2) is 0 Å². The predicted octanol–water partition coefficient (Wildman–Crippen LogP) is -2.05. The van der Waals surface area contributed by atoms with Gasteiger partial charge in [-0.25, -0.2) is 0 Å². The maximum atomic E-state index is 10.2. The van der Waals surface area contributed by atoms with E-state index in [2.05, 4.69) is 15.6 Å². The molecule has 0 aromatic rings. The molecule has 0 aliphatic carbocycles. The number of rotatable bonds is 6. The minimum atomic E-state index is -0.330. The summed E-state index contributed by atoms with van der Waals surface area (Å²) in [5.74, 6) is -0.330. The van der Waals surface area contributed by atoms with E-state index < -0.39 is 0 Å². The van der Waals surface area contributed by atoms with Crippen LogP contribution in [0.3, 0.4) is 0 Å². The molecule has 0 fully saturated rings. The molecule has 6 heteroatoms. The number of carbonyl (C=O) groups is 1. The number of nitrogens with one attached hydrogen (secondary N) is 2. The molecule has 0 rings (SSSR count). The van der Waals surface area contributed by atoms with Crippen LogP contribution in [0.25, 0.3) is 0 Å². The van der Waals surface area contributed by atoms with E-state index >= 15 is 0 Å². The summed E-state index contributed by atoms with van der Waals surface area (Å²) >= 11 is 0. The van der Waals surface area contributed by atoms with Gasteiger partial charge in [0.05, 0.1) is 0 Å². The molecule has 68 valence electrons. The Morgan fingerprint density at radius 1 is 1.42 bits per heavy atom. The minimum absolute atomic E-state index is 0. The molecule has 12 heavy (non-hydrogen) atoms. The molecule has 0 saturated heterocycles. The van der Waals surface area contributed by atoms with Crippen molar-refractivity contribution in [1.82, 2.24) is 10.8 Å². The van der Waals surface area contributed by atoms with Crippen LogP contribution in [0.4, 0.5) is 0 Å². The zero-order valence-electron chi connectivity index (χ0n) is 6.72. The maximum absolute atomic E-state index is 10.2. The van der Waals surface area contributed by atoms with Crippen LogP contribution in [-0.2, 0) is 9.63 Å². The second kappa shape index (κ2) is 12.0. The first-order valence-corrected chi connectivity index (χ1v) is 3.58. The normalized spacial score (nSPS) is 8.83.